The van der Waals surface area contributed by atoms with Crippen molar-refractivity contribution in [2.45, 2.75) is 21.6 Å². The van der Waals surface area contributed by atoms with Gasteiger partial charge in [0.05, 0.1) is 11.8 Å². The first kappa shape index (κ1) is 16.4. The normalized spacial score (nSPS) is 12.4. The molecule has 0 bridgehead atoms. The monoisotopic (exact) mass is 365 g/mol. The van der Waals surface area contributed by atoms with Crippen molar-refractivity contribution in [3.8, 4) is 0 Å². The number of rotatable bonds is 6. The minimum absolute atomic E-state index is 0.0520. The molecule has 3 aromatic rings. The lowest BCUT2D eigenvalue weighted by Gasteiger charge is -2.10. The fourth-order valence-corrected chi connectivity index (χ4v) is 4.28. The lowest BCUT2D eigenvalue weighted by Crippen LogP contribution is -2.27. The molecule has 1 aromatic carbocycles. The SMILES string of the molecule is CSc1nnc(SCC(=O)N[C@H](C)c2cc3ccccc3o2)s1. The smallest absolute Gasteiger partial charge is 0.231 e. The van der Waals surface area contributed by atoms with Crippen molar-refractivity contribution >= 4 is 51.7 Å². The second-order valence-electron chi connectivity index (χ2n) is 4.80. The summed E-state index contributed by atoms with van der Waals surface area (Å²) < 4.78 is 7.48. The predicted octanol–water partition coefficient (Wildman–Crippen LogP) is 3.98. The van der Waals surface area contributed by atoms with Gasteiger partial charge in [0.25, 0.3) is 0 Å². The van der Waals surface area contributed by atoms with Crippen LogP contribution in [0, 0.1) is 0 Å². The van der Waals surface area contributed by atoms with Crippen molar-refractivity contribution in [3.63, 3.8) is 0 Å². The van der Waals surface area contributed by atoms with Gasteiger partial charge in [0.1, 0.15) is 11.3 Å². The average molecular weight is 366 g/mol. The molecular formula is C15H15N3O2S3. The molecule has 0 aliphatic heterocycles. The largest absolute Gasteiger partial charge is 0.459 e. The molecule has 1 atom stereocenters. The number of aromatic nitrogens is 2. The van der Waals surface area contributed by atoms with Crippen molar-refractivity contribution in [1.29, 1.82) is 0 Å². The zero-order chi connectivity index (χ0) is 16.2. The Morgan fingerprint density at radius 3 is 2.87 bits per heavy atom. The lowest BCUT2D eigenvalue weighted by atomic mass is 10.2. The molecule has 2 aromatic heterocycles. The molecule has 0 aliphatic carbocycles. The number of carbonyl (C=O) groups excluding carboxylic acids is 1. The van der Waals surface area contributed by atoms with Crippen molar-refractivity contribution in [2.24, 2.45) is 0 Å². The van der Waals surface area contributed by atoms with Gasteiger partial charge in [-0.25, -0.2) is 0 Å². The van der Waals surface area contributed by atoms with E-state index in [-0.39, 0.29) is 11.9 Å². The summed E-state index contributed by atoms with van der Waals surface area (Å²) in [4.78, 5) is 12.1. The first-order valence-corrected chi connectivity index (χ1v) is 9.96. The minimum Gasteiger partial charge on any atom is -0.459 e. The minimum atomic E-state index is -0.174. The van der Waals surface area contributed by atoms with E-state index in [0.29, 0.717) is 5.75 Å². The van der Waals surface area contributed by atoms with Gasteiger partial charge in [-0.1, -0.05) is 53.1 Å². The Labute approximate surface area is 146 Å². The van der Waals surface area contributed by atoms with Crippen molar-refractivity contribution in [3.05, 3.63) is 36.1 Å². The number of benzene rings is 1. The van der Waals surface area contributed by atoms with Crippen LogP contribution in [-0.4, -0.2) is 28.1 Å². The number of nitrogens with zero attached hydrogens (tertiary/aromatic N) is 2. The van der Waals surface area contributed by atoms with Gasteiger partial charge in [-0.15, -0.1) is 10.2 Å². The fourth-order valence-electron chi connectivity index (χ4n) is 2.04. The van der Waals surface area contributed by atoms with Crippen LogP contribution in [0.25, 0.3) is 11.0 Å². The van der Waals surface area contributed by atoms with Crippen LogP contribution >= 0.6 is 34.9 Å². The number of carbonyl (C=O) groups is 1. The third-order valence-electron chi connectivity index (χ3n) is 3.14. The highest BCUT2D eigenvalue weighted by molar-refractivity contribution is 8.03. The molecule has 0 saturated carbocycles. The summed E-state index contributed by atoms with van der Waals surface area (Å²) in [7, 11) is 0. The zero-order valence-electron chi connectivity index (χ0n) is 12.6. The van der Waals surface area contributed by atoms with Crippen LogP contribution in [0.5, 0.6) is 0 Å². The summed E-state index contributed by atoms with van der Waals surface area (Å²) >= 11 is 4.45. The Balaban J connectivity index is 1.56. The molecule has 1 N–H and O–H groups in total. The molecule has 5 nitrogen and oxygen atoms in total. The van der Waals surface area contributed by atoms with E-state index >= 15 is 0 Å². The standard InChI is InChI=1S/C15H15N3O2S3/c1-9(12-7-10-5-3-4-6-11(10)20-12)16-13(19)8-22-15-18-17-14(21-2)23-15/h3-7,9H,8H2,1-2H3,(H,16,19)/t9-/m1/s1. The van der Waals surface area contributed by atoms with Crippen molar-refractivity contribution < 1.29 is 9.21 Å². The maximum absolute atomic E-state index is 12.1. The lowest BCUT2D eigenvalue weighted by molar-refractivity contribution is -0.119. The summed E-state index contributed by atoms with van der Waals surface area (Å²) in [5.74, 6) is 1.02. The number of fused-ring (bicyclic) bond motifs is 1. The number of furan rings is 1. The molecule has 23 heavy (non-hydrogen) atoms. The van der Waals surface area contributed by atoms with Crippen LogP contribution in [-0.2, 0) is 4.79 Å². The maximum atomic E-state index is 12.1. The van der Waals surface area contributed by atoms with Crippen LogP contribution in [0.1, 0.15) is 18.7 Å². The molecule has 0 radical (unpaired) electrons. The molecule has 8 heteroatoms. The third-order valence-corrected chi connectivity index (χ3v) is 6.17. The van der Waals surface area contributed by atoms with Gasteiger partial charge in [-0.2, -0.15) is 0 Å². The van der Waals surface area contributed by atoms with E-state index in [9.17, 15) is 4.79 Å². The molecule has 0 saturated heterocycles. The molecule has 3 rings (SSSR count). The average Bonchev–Trinajstić information content (AvgIpc) is 3.19. The van der Waals surface area contributed by atoms with Gasteiger partial charge >= 0.3 is 0 Å². The molecule has 120 valence electrons. The van der Waals surface area contributed by atoms with Gasteiger partial charge in [0.2, 0.25) is 5.91 Å². The van der Waals surface area contributed by atoms with E-state index in [4.69, 9.17) is 4.42 Å². The molecule has 0 aliphatic rings. The Hall–Kier alpha value is -1.51. The van der Waals surface area contributed by atoms with Crippen LogP contribution in [0.2, 0.25) is 0 Å². The first-order chi connectivity index (χ1) is 11.2. The van der Waals surface area contributed by atoms with Gasteiger partial charge in [-0.05, 0) is 25.3 Å². The van der Waals surface area contributed by atoms with Crippen LogP contribution < -0.4 is 5.32 Å². The Morgan fingerprint density at radius 2 is 2.13 bits per heavy atom. The van der Waals surface area contributed by atoms with Gasteiger partial charge < -0.3 is 9.73 Å². The topological polar surface area (TPSA) is 68.0 Å². The van der Waals surface area contributed by atoms with Crippen molar-refractivity contribution in [2.75, 3.05) is 12.0 Å². The van der Waals surface area contributed by atoms with E-state index in [1.807, 2.05) is 43.5 Å². The first-order valence-electron chi connectivity index (χ1n) is 6.94. The Morgan fingerprint density at radius 1 is 1.35 bits per heavy atom. The fraction of sp³-hybridized carbons (Fsp3) is 0.267. The summed E-state index contributed by atoms with van der Waals surface area (Å²) in [6, 6.07) is 9.59. The quantitative estimate of drug-likeness (QED) is 0.667. The van der Waals surface area contributed by atoms with E-state index in [0.717, 1.165) is 25.4 Å². The van der Waals surface area contributed by atoms with Gasteiger partial charge in [0, 0.05) is 5.39 Å². The van der Waals surface area contributed by atoms with Crippen LogP contribution in [0.15, 0.2) is 43.4 Å². The summed E-state index contributed by atoms with van der Waals surface area (Å²) in [6.45, 7) is 1.91. The second kappa shape index (κ2) is 7.37. The summed E-state index contributed by atoms with van der Waals surface area (Å²) in [6.07, 6.45) is 1.96. The highest BCUT2D eigenvalue weighted by atomic mass is 32.2. The number of hydrogen-bond acceptors (Lipinski definition) is 7. The van der Waals surface area contributed by atoms with E-state index in [2.05, 4.69) is 15.5 Å². The van der Waals surface area contributed by atoms with E-state index in [1.165, 1.54) is 23.1 Å². The Kier molecular flexibility index (Phi) is 5.24. The highest BCUT2D eigenvalue weighted by Gasteiger charge is 2.15. The third kappa shape index (κ3) is 4.07. The zero-order valence-corrected chi connectivity index (χ0v) is 15.1. The maximum Gasteiger partial charge on any atom is 0.231 e. The summed E-state index contributed by atoms with van der Waals surface area (Å²) in [5, 5.41) is 12.0. The summed E-state index contributed by atoms with van der Waals surface area (Å²) in [5.41, 5.74) is 0.830. The second-order valence-corrected chi connectivity index (χ2v) is 8.06. The Bertz CT molecular complexity index is 782. The molecular weight excluding hydrogens is 350 g/mol. The van der Waals surface area contributed by atoms with E-state index < -0.39 is 0 Å². The number of nitrogens with one attached hydrogen (secondary N) is 1. The van der Waals surface area contributed by atoms with Crippen LogP contribution in [0.4, 0.5) is 0 Å². The van der Waals surface area contributed by atoms with Gasteiger partial charge in [-0.3, -0.25) is 4.79 Å². The molecule has 2 heterocycles. The molecule has 0 spiro atoms. The number of hydrogen-bond donors (Lipinski definition) is 1. The van der Waals surface area contributed by atoms with Crippen LogP contribution in [0.3, 0.4) is 0 Å². The van der Waals surface area contributed by atoms with Gasteiger partial charge in [0.15, 0.2) is 8.68 Å². The molecule has 0 unspecified atom stereocenters. The molecule has 0 fully saturated rings. The number of thioether (sulfide) groups is 2. The highest BCUT2D eigenvalue weighted by Crippen LogP contribution is 2.27. The van der Waals surface area contributed by atoms with Crippen molar-refractivity contribution in [1.82, 2.24) is 15.5 Å². The number of amides is 1. The molecule has 1 amide bonds. The predicted molar refractivity (Wildman–Crippen MR) is 95.2 cm³/mol. The number of para-hydroxylation sites is 1. The van der Waals surface area contributed by atoms with E-state index in [1.54, 1.807) is 11.8 Å².